The zero-order valence-corrected chi connectivity index (χ0v) is 73.1. The maximum Gasteiger partial charge on any atom is 0.0645 e. The van der Waals surface area contributed by atoms with E-state index in [0.29, 0.717) is 0 Å². The minimum Gasteiger partial charge on any atom is -0.310 e. The van der Waals surface area contributed by atoms with Gasteiger partial charge in [0.15, 0.2) is 0 Å². The van der Waals surface area contributed by atoms with Gasteiger partial charge in [0.1, 0.15) is 0 Å². The van der Waals surface area contributed by atoms with Gasteiger partial charge in [-0.25, -0.2) is 0 Å². The highest BCUT2D eigenvalue weighted by molar-refractivity contribution is 6.24. The molecule has 0 fully saturated rings. The molecule has 136 heavy (non-hydrogen) atoms. The topological polar surface area (TPSA) is 97.5 Å². The Morgan fingerprint density at radius 3 is 0.441 bits per heavy atom. The Hall–Kier alpha value is -18.7. The number of aromatic nitrogens is 12. The van der Waals surface area contributed by atoms with E-state index in [0.717, 1.165) is 168 Å². The minimum atomic E-state index is 0.978. The number of rotatable bonds is 14. The van der Waals surface area contributed by atoms with E-state index in [9.17, 15) is 0 Å². The molecule has 0 aliphatic heterocycles. The Morgan fingerprint density at radius 2 is 0.279 bits per heavy atom. The second kappa shape index (κ2) is 29.4. The van der Waals surface area contributed by atoms with Crippen LogP contribution in [0.1, 0.15) is 0 Å². The van der Waals surface area contributed by atoms with Crippen molar-refractivity contribution in [3.63, 3.8) is 0 Å². The van der Waals surface area contributed by atoms with Gasteiger partial charge in [-0.1, -0.05) is 146 Å². The first kappa shape index (κ1) is 75.2. The van der Waals surface area contributed by atoms with Crippen molar-refractivity contribution >= 4 is 209 Å². The summed E-state index contributed by atoms with van der Waals surface area (Å²) in [5.41, 5.74) is 32.1. The quantitative estimate of drug-likeness (QED) is 0.108. The van der Waals surface area contributed by atoms with E-state index in [-0.39, 0.29) is 0 Å². The first-order valence-corrected chi connectivity index (χ1v) is 46.1. The molecule has 0 N–H and O–H groups in total. The van der Waals surface area contributed by atoms with E-state index in [2.05, 4.69) is 455 Å². The van der Waals surface area contributed by atoms with Gasteiger partial charge in [-0.3, -0.25) is 19.9 Å². The first-order valence-electron chi connectivity index (χ1n) is 46.1. The average molecular weight is 1740 g/mol. The van der Waals surface area contributed by atoms with Crippen LogP contribution in [0.3, 0.4) is 0 Å². The van der Waals surface area contributed by atoms with Gasteiger partial charge in [-0.2, -0.15) is 0 Å². The molecule has 0 spiro atoms. The van der Waals surface area contributed by atoms with E-state index in [1.807, 2.05) is 73.8 Å². The largest absolute Gasteiger partial charge is 0.310 e. The van der Waals surface area contributed by atoms with Crippen LogP contribution in [-0.2, 0) is 0 Å². The van der Waals surface area contributed by atoms with Crippen molar-refractivity contribution in [2.75, 3.05) is 9.80 Å². The lowest BCUT2D eigenvalue weighted by Crippen LogP contribution is -2.12. The summed E-state index contributed by atoms with van der Waals surface area (Å²) in [6.45, 7) is 0. The SMILES string of the molecule is c1cncc(-n2c3ccccc3c3cc4c5ccccc5n(-c5ccc(N(c6ccc(N(c7ccc(-n8c9ccccc9c9cc%10c%11ccccc%11n(-c%11cccnc%11)c%10cc98)cc7)c7ccc(-n8c9ccccc9c9cc%10c%11ccccc%11n(-c%11cccnc%11)c%10cc98)cc7)cc6)c6ccc(-n7c8ccccc8c8cc9c%10ccccc%10n(-c%10cccnc%10)c9cc87)cc6)cc5)c4cc32)c1. The maximum atomic E-state index is 4.63. The molecule has 0 aliphatic carbocycles. The van der Waals surface area contributed by atoms with Gasteiger partial charge in [0.2, 0.25) is 0 Å². The summed E-state index contributed by atoms with van der Waals surface area (Å²) in [5, 5.41) is 19.0. The first-order chi connectivity index (χ1) is 67.5. The molecule has 0 unspecified atom stereocenters. The Bertz CT molecular complexity index is 8830. The van der Waals surface area contributed by atoms with E-state index in [1.54, 1.807) is 0 Å². The smallest absolute Gasteiger partial charge is 0.0645 e. The van der Waals surface area contributed by atoms with Crippen molar-refractivity contribution in [1.29, 1.82) is 0 Å². The molecular weight excluding hydrogens is 1660 g/mol. The molecule has 0 saturated carbocycles. The highest BCUT2D eigenvalue weighted by Crippen LogP contribution is 2.49. The van der Waals surface area contributed by atoms with Crippen molar-refractivity contribution in [3.8, 4) is 45.5 Å². The van der Waals surface area contributed by atoms with Crippen molar-refractivity contribution in [2.24, 2.45) is 0 Å². The van der Waals surface area contributed by atoms with Gasteiger partial charge in [0.25, 0.3) is 0 Å². The van der Waals surface area contributed by atoms with Gasteiger partial charge >= 0.3 is 0 Å². The zero-order valence-electron chi connectivity index (χ0n) is 73.1. The Balaban J connectivity index is 0.605. The Morgan fingerprint density at radius 1 is 0.125 bits per heavy atom. The summed E-state index contributed by atoms with van der Waals surface area (Å²) in [5.74, 6) is 0. The molecule has 0 radical (unpaired) electrons. The third kappa shape index (κ3) is 11.2. The molecule has 12 heterocycles. The molecule has 17 aromatic carbocycles. The van der Waals surface area contributed by atoms with Crippen LogP contribution in [-0.4, -0.2) is 56.5 Å². The second-order valence-electron chi connectivity index (χ2n) is 35.5. The maximum absolute atomic E-state index is 4.63. The average Bonchev–Trinajstić information content (AvgIpc) is 1.57. The van der Waals surface area contributed by atoms with Gasteiger partial charge in [0, 0.05) is 168 Å². The van der Waals surface area contributed by atoms with Gasteiger partial charge in [0.05, 0.1) is 136 Å². The predicted molar refractivity (Wildman–Crippen MR) is 562 cm³/mol. The molecule has 0 atom stereocenters. The van der Waals surface area contributed by atoms with Gasteiger partial charge in [-0.15, -0.1) is 0 Å². The molecule has 0 saturated heterocycles. The van der Waals surface area contributed by atoms with Crippen LogP contribution in [0.4, 0.5) is 34.1 Å². The molecule has 0 amide bonds. The summed E-state index contributed by atoms with van der Waals surface area (Å²) >= 11 is 0. The lowest BCUT2D eigenvalue weighted by atomic mass is 10.1. The summed E-state index contributed by atoms with van der Waals surface area (Å²) in [6.07, 6.45) is 15.2. The summed E-state index contributed by atoms with van der Waals surface area (Å²) in [7, 11) is 0. The fourth-order valence-corrected chi connectivity index (χ4v) is 22.5. The predicted octanol–water partition coefficient (Wildman–Crippen LogP) is 31.0. The van der Waals surface area contributed by atoms with Crippen LogP contribution in [0.15, 0.2) is 462 Å². The van der Waals surface area contributed by atoms with Crippen LogP contribution in [0.2, 0.25) is 0 Å². The Kier molecular flexibility index (Phi) is 16.3. The number of fused-ring (bicyclic) bond motifs is 24. The van der Waals surface area contributed by atoms with Gasteiger partial charge < -0.3 is 46.3 Å². The molecule has 12 aromatic heterocycles. The lowest BCUT2D eigenvalue weighted by molar-refractivity contribution is 1.14. The van der Waals surface area contributed by atoms with Crippen molar-refractivity contribution in [1.82, 2.24) is 56.5 Å². The van der Waals surface area contributed by atoms with Crippen LogP contribution in [0, 0.1) is 0 Å². The molecule has 29 rings (SSSR count). The lowest BCUT2D eigenvalue weighted by Gasteiger charge is -2.29. The van der Waals surface area contributed by atoms with Crippen LogP contribution >= 0.6 is 0 Å². The molecule has 0 bridgehead atoms. The van der Waals surface area contributed by atoms with Crippen molar-refractivity contribution in [3.05, 3.63) is 462 Å². The Labute approximate surface area is 777 Å². The van der Waals surface area contributed by atoms with Crippen molar-refractivity contribution < 1.29 is 0 Å². The third-order valence-electron chi connectivity index (χ3n) is 28.3. The summed E-state index contributed by atoms with van der Waals surface area (Å²) < 4.78 is 19.2. The fraction of sp³-hybridized carbons (Fsp3) is 0. The standard InChI is InChI=1S/C122H76N14/c1-9-33-107-91(25-1)99-65-103-95-29-5-13-37-111(95)133(87-21-17-61-123-73-87)119(103)69-115(99)129(107)83-53-45-79(46-54-83)127(80-47-55-84(56-48-80)130-108-34-10-2-26-92(108)100-66-104-96-30-6-14-38-112(96)134(120(104)70-116(100)130)88-22-18-62-124-74-88)77-41-43-78(44-42-77)128(81-49-57-85(58-50-81)131-109-35-11-3-27-93(109)101-67-105-97-31-7-15-39-113(97)135(121(105)71-117(101)131)89-23-19-63-125-75-89)82-51-59-86(60-52-82)132-110-36-12-4-28-94(110)102-68-106-98-32-8-16-40-114(98)136(122(106)72-118(102)132)90-24-20-64-126-76-90/h1-76H. The number of anilines is 6. The fourth-order valence-electron chi connectivity index (χ4n) is 22.5. The molecule has 14 nitrogen and oxygen atoms in total. The number of hydrogen-bond donors (Lipinski definition) is 0. The highest BCUT2D eigenvalue weighted by atomic mass is 15.2. The minimum absolute atomic E-state index is 0.978. The van der Waals surface area contributed by atoms with Crippen LogP contribution in [0.25, 0.3) is 220 Å². The molecular formula is C122H76N14. The van der Waals surface area contributed by atoms with E-state index in [1.165, 1.54) is 86.2 Å². The summed E-state index contributed by atoms with van der Waals surface area (Å²) in [4.78, 5) is 23.3. The van der Waals surface area contributed by atoms with E-state index < -0.39 is 0 Å². The zero-order chi connectivity index (χ0) is 88.9. The number of hydrogen-bond acceptors (Lipinski definition) is 6. The molecule has 0 aliphatic rings. The van der Waals surface area contributed by atoms with E-state index in [4.69, 9.17) is 0 Å². The van der Waals surface area contributed by atoms with Crippen molar-refractivity contribution in [2.45, 2.75) is 0 Å². The third-order valence-corrected chi connectivity index (χ3v) is 28.3. The highest BCUT2D eigenvalue weighted by Gasteiger charge is 2.28. The molecule has 634 valence electrons. The number of benzene rings is 17. The number of nitrogens with zero attached hydrogens (tertiary/aromatic N) is 14. The second-order valence-corrected chi connectivity index (χ2v) is 35.5. The van der Waals surface area contributed by atoms with Gasteiger partial charge in [-0.05, 0) is 267 Å². The monoisotopic (exact) mass is 1740 g/mol. The normalized spacial score (nSPS) is 12.1. The number of para-hydroxylation sites is 8. The molecule has 29 aromatic rings. The number of pyridine rings is 4. The van der Waals surface area contributed by atoms with E-state index >= 15 is 0 Å². The van der Waals surface area contributed by atoms with Crippen LogP contribution < -0.4 is 9.80 Å². The molecule has 14 heteroatoms. The van der Waals surface area contributed by atoms with Crippen LogP contribution in [0.5, 0.6) is 0 Å². The summed E-state index contributed by atoms with van der Waals surface area (Å²) in [6, 6.07) is 152.